The normalized spacial score (nSPS) is 13.2. The number of Topliss-reactive ketones (excluding diaryl/α,β-unsaturated/α-hetero) is 1. The molecule has 7 heteroatoms. The summed E-state index contributed by atoms with van der Waals surface area (Å²) >= 11 is 0. The van der Waals surface area contributed by atoms with Gasteiger partial charge in [-0.3, -0.25) is 4.79 Å². The van der Waals surface area contributed by atoms with Crippen molar-refractivity contribution in [2.45, 2.75) is 17.9 Å². The number of nitrogens with zero attached hydrogens (tertiary/aromatic N) is 2. The minimum absolute atomic E-state index is 0.0932. The topological polar surface area (TPSA) is 71.4 Å². The molecule has 3 rings (SSSR count). The number of benzene rings is 2. The van der Waals surface area contributed by atoms with Crippen molar-refractivity contribution in [2.24, 2.45) is 7.05 Å². The molecule has 1 unspecified atom stereocenters. The number of likely N-dealkylation sites (N-methyl/N-ethyl adjacent to an activating group) is 1. The van der Waals surface area contributed by atoms with Crippen molar-refractivity contribution in [3.8, 4) is 0 Å². The monoisotopic (exact) mass is 399 g/mol. The number of fused-ring (bicyclic) bond motifs is 1. The Kier molecular flexibility index (Phi) is 5.69. The van der Waals surface area contributed by atoms with Crippen LogP contribution in [0.1, 0.15) is 28.9 Å². The lowest BCUT2D eigenvalue weighted by Gasteiger charge is -2.24. The molecule has 28 heavy (non-hydrogen) atoms. The first kappa shape index (κ1) is 20.3. The predicted octanol–water partition coefficient (Wildman–Crippen LogP) is 2.96. The zero-order chi connectivity index (χ0) is 20.5. The molecule has 0 amide bonds. The van der Waals surface area contributed by atoms with E-state index in [9.17, 15) is 13.2 Å². The molecule has 0 saturated heterocycles. The van der Waals surface area contributed by atoms with E-state index >= 15 is 0 Å². The average Bonchev–Trinajstić information content (AvgIpc) is 2.98. The van der Waals surface area contributed by atoms with Crippen LogP contribution in [0.25, 0.3) is 10.9 Å². The van der Waals surface area contributed by atoms with Crippen LogP contribution in [0, 0.1) is 0 Å². The molecule has 6 nitrogen and oxygen atoms in total. The van der Waals surface area contributed by atoms with Gasteiger partial charge in [-0.1, -0.05) is 30.3 Å². The van der Waals surface area contributed by atoms with E-state index in [4.69, 9.17) is 0 Å². The third-order valence-corrected chi connectivity index (χ3v) is 6.35. The molecule has 3 aromatic rings. The highest BCUT2D eigenvalue weighted by molar-refractivity contribution is 7.89. The summed E-state index contributed by atoms with van der Waals surface area (Å²) in [5.41, 5.74) is 2.53. The molecule has 1 atom stereocenters. The van der Waals surface area contributed by atoms with Gasteiger partial charge in [0, 0.05) is 42.3 Å². The van der Waals surface area contributed by atoms with E-state index in [-0.39, 0.29) is 23.3 Å². The number of hydrogen-bond donors (Lipinski definition) is 1. The van der Waals surface area contributed by atoms with Gasteiger partial charge in [0.2, 0.25) is 10.0 Å². The Morgan fingerprint density at radius 3 is 2.54 bits per heavy atom. The fourth-order valence-electron chi connectivity index (χ4n) is 3.36. The van der Waals surface area contributed by atoms with Crippen molar-refractivity contribution in [3.63, 3.8) is 0 Å². The maximum Gasteiger partial charge on any atom is 0.240 e. The fourth-order valence-corrected chi connectivity index (χ4v) is 4.45. The van der Waals surface area contributed by atoms with Crippen LogP contribution in [0.5, 0.6) is 0 Å². The number of aryl methyl sites for hydroxylation is 1. The van der Waals surface area contributed by atoms with E-state index < -0.39 is 10.0 Å². The number of aromatic nitrogens is 1. The number of nitrogens with one attached hydrogen (secondary N) is 1. The Bertz CT molecular complexity index is 1120. The second kappa shape index (κ2) is 7.87. The molecular formula is C21H25N3O3S. The van der Waals surface area contributed by atoms with Gasteiger partial charge < -0.3 is 9.47 Å². The standard InChI is InChI=1S/C21H25N3O3S/c1-15(25)16-8-7-9-17(12-16)28(26,27)22-13-21(23(2)3)19-14-24(4)20-11-6-5-10-18(19)20/h5-12,14,21-22H,13H2,1-4H3. The second-order valence-corrected chi connectivity index (χ2v) is 8.89. The number of carbonyl (C=O) groups excluding carboxylic acids is 1. The molecule has 0 aliphatic rings. The number of para-hydroxylation sites is 1. The van der Waals surface area contributed by atoms with Gasteiger partial charge in [0.05, 0.1) is 4.90 Å². The Hall–Kier alpha value is -2.48. The number of carbonyl (C=O) groups is 1. The van der Waals surface area contributed by atoms with Crippen LogP contribution in [0.15, 0.2) is 59.6 Å². The van der Waals surface area contributed by atoms with Gasteiger partial charge in [-0.15, -0.1) is 0 Å². The molecule has 0 bridgehead atoms. The van der Waals surface area contributed by atoms with Crippen LogP contribution >= 0.6 is 0 Å². The van der Waals surface area contributed by atoms with Gasteiger partial charge in [-0.25, -0.2) is 13.1 Å². The van der Waals surface area contributed by atoms with E-state index in [1.807, 2.05) is 61.1 Å². The maximum atomic E-state index is 12.8. The minimum Gasteiger partial charge on any atom is -0.350 e. The summed E-state index contributed by atoms with van der Waals surface area (Å²) in [4.78, 5) is 13.7. The first-order valence-corrected chi connectivity index (χ1v) is 10.5. The molecule has 0 aliphatic heterocycles. The van der Waals surface area contributed by atoms with Crippen LogP contribution in [0.2, 0.25) is 0 Å². The zero-order valence-corrected chi connectivity index (χ0v) is 17.3. The molecule has 0 radical (unpaired) electrons. The van der Waals surface area contributed by atoms with Gasteiger partial charge in [-0.05, 0) is 44.8 Å². The summed E-state index contributed by atoms with van der Waals surface area (Å²) in [7, 11) is 2.10. The first-order chi connectivity index (χ1) is 13.2. The lowest BCUT2D eigenvalue weighted by Crippen LogP contribution is -2.34. The average molecular weight is 400 g/mol. The largest absolute Gasteiger partial charge is 0.350 e. The van der Waals surface area contributed by atoms with Crippen LogP contribution in [-0.4, -0.2) is 44.3 Å². The molecule has 0 spiro atoms. The summed E-state index contributed by atoms with van der Waals surface area (Å²) in [6.45, 7) is 1.63. The van der Waals surface area contributed by atoms with Gasteiger partial charge in [-0.2, -0.15) is 0 Å². The van der Waals surface area contributed by atoms with Crippen LogP contribution in [0.4, 0.5) is 0 Å². The highest BCUT2D eigenvalue weighted by atomic mass is 32.2. The van der Waals surface area contributed by atoms with Gasteiger partial charge in [0.25, 0.3) is 0 Å². The molecule has 148 valence electrons. The molecular weight excluding hydrogens is 374 g/mol. The van der Waals surface area contributed by atoms with Crippen molar-refractivity contribution in [1.29, 1.82) is 0 Å². The quantitative estimate of drug-likeness (QED) is 0.620. The van der Waals surface area contributed by atoms with Crippen molar-refractivity contribution in [2.75, 3.05) is 20.6 Å². The van der Waals surface area contributed by atoms with Crippen LogP contribution < -0.4 is 4.72 Å². The number of sulfonamides is 1. The Balaban J connectivity index is 1.89. The van der Waals surface area contributed by atoms with E-state index in [0.717, 1.165) is 16.5 Å². The lowest BCUT2D eigenvalue weighted by atomic mass is 10.1. The first-order valence-electron chi connectivity index (χ1n) is 9.02. The number of ketones is 1. The Morgan fingerprint density at radius 2 is 1.86 bits per heavy atom. The van der Waals surface area contributed by atoms with Gasteiger partial charge in [0.1, 0.15) is 0 Å². The summed E-state index contributed by atoms with van der Waals surface area (Å²) in [5.74, 6) is -0.168. The molecule has 0 saturated carbocycles. The van der Waals surface area contributed by atoms with Crippen molar-refractivity contribution in [1.82, 2.24) is 14.2 Å². The van der Waals surface area contributed by atoms with E-state index in [1.165, 1.54) is 19.1 Å². The van der Waals surface area contributed by atoms with Crippen molar-refractivity contribution < 1.29 is 13.2 Å². The molecule has 1 N–H and O–H groups in total. The molecule has 0 fully saturated rings. The second-order valence-electron chi connectivity index (χ2n) is 7.13. The van der Waals surface area contributed by atoms with Crippen LogP contribution in [0.3, 0.4) is 0 Å². The van der Waals surface area contributed by atoms with Crippen molar-refractivity contribution in [3.05, 3.63) is 65.9 Å². The summed E-state index contributed by atoms with van der Waals surface area (Å²) in [5, 5.41) is 1.10. The molecule has 1 heterocycles. The summed E-state index contributed by atoms with van der Waals surface area (Å²) in [6, 6.07) is 14.0. The van der Waals surface area contributed by atoms with E-state index in [1.54, 1.807) is 12.1 Å². The van der Waals surface area contributed by atoms with Gasteiger partial charge >= 0.3 is 0 Å². The third kappa shape index (κ3) is 4.01. The minimum atomic E-state index is -3.74. The van der Waals surface area contributed by atoms with E-state index in [2.05, 4.69) is 4.72 Å². The molecule has 0 aliphatic carbocycles. The lowest BCUT2D eigenvalue weighted by molar-refractivity contribution is 0.101. The Labute approximate surface area is 165 Å². The maximum absolute atomic E-state index is 12.8. The fraction of sp³-hybridized carbons (Fsp3) is 0.286. The zero-order valence-electron chi connectivity index (χ0n) is 16.5. The smallest absolute Gasteiger partial charge is 0.240 e. The predicted molar refractivity (Wildman–Crippen MR) is 111 cm³/mol. The Morgan fingerprint density at radius 1 is 1.14 bits per heavy atom. The number of hydrogen-bond acceptors (Lipinski definition) is 4. The highest BCUT2D eigenvalue weighted by Gasteiger charge is 2.23. The number of rotatable bonds is 7. The van der Waals surface area contributed by atoms with Crippen molar-refractivity contribution >= 4 is 26.7 Å². The summed E-state index contributed by atoms with van der Waals surface area (Å²) in [6.07, 6.45) is 2.04. The highest BCUT2D eigenvalue weighted by Crippen LogP contribution is 2.28. The van der Waals surface area contributed by atoms with E-state index in [0.29, 0.717) is 5.56 Å². The van der Waals surface area contributed by atoms with Crippen LogP contribution in [-0.2, 0) is 17.1 Å². The SMILES string of the molecule is CC(=O)c1cccc(S(=O)(=O)NCC(c2cn(C)c3ccccc23)N(C)C)c1. The summed E-state index contributed by atoms with van der Waals surface area (Å²) < 4.78 is 30.3. The third-order valence-electron chi connectivity index (χ3n) is 4.93. The van der Waals surface area contributed by atoms with Gasteiger partial charge in [0.15, 0.2) is 5.78 Å². The molecule has 1 aromatic heterocycles. The molecule has 2 aromatic carbocycles.